The normalized spacial score (nSPS) is 20.3. The lowest BCUT2D eigenvalue weighted by Gasteiger charge is -2.39. The first-order chi connectivity index (χ1) is 19.1. The number of alkyl carbamates (subject to hydrolysis) is 1. The smallest absolute Gasteiger partial charge is 0.407 e. The highest BCUT2D eigenvalue weighted by molar-refractivity contribution is 6.74. The van der Waals surface area contributed by atoms with Gasteiger partial charge in [0.05, 0.1) is 18.6 Å². The molecule has 2 aliphatic heterocycles. The summed E-state index contributed by atoms with van der Waals surface area (Å²) in [6.45, 7) is 17.4. The van der Waals surface area contributed by atoms with E-state index in [4.69, 9.17) is 18.4 Å². The number of fused-ring (bicyclic) bond motifs is 2. The Morgan fingerprint density at radius 1 is 1.12 bits per heavy atom. The van der Waals surface area contributed by atoms with Gasteiger partial charge in [-0.25, -0.2) is 9.59 Å². The van der Waals surface area contributed by atoms with Crippen molar-refractivity contribution in [3.63, 3.8) is 0 Å². The Bertz CT molecular complexity index is 1190. The third kappa shape index (κ3) is 7.86. The number of carbonyl (C=O) groups is 2. The molecule has 0 spiro atoms. The molecule has 2 fully saturated rings. The van der Waals surface area contributed by atoms with E-state index in [-0.39, 0.29) is 35.8 Å². The van der Waals surface area contributed by atoms with Gasteiger partial charge in [0, 0.05) is 13.1 Å². The third-order valence-electron chi connectivity index (χ3n) is 7.85. The molecule has 1 aromatic heterocycles. The van der Waals surface area contributed by atoms with Gasteiger partial charge in [0.1, 0.15) is 18.2 Å². The quantitative estimate of drug-likeness (QED) is 0.357. The van der Waals surface area contributed by atoms with E-state index in [9.17, 15) is 9.59 Å². The van der Waals surface area contributed by atoms with Gasteiger partial charge in [-0.1, -0.05) is 51.1 Å². The predicted molar refractivity (Wildman–Crippen MR) is 155 cm³/mol. The summed E-state index contributed by atoms with van der Waals surface area (Å²) in [6, 6.07) is 9.29. The average Bonchev–Trinajstić information content (AvgIpc) is 3.43. The zero-order chi connectivity index (χ0) is 30.0. The second kappa shape index (κ2) is 12.1. The predicted octanol–water partition coefficient (Wildman–Crippen LogP) is 5.60. The van der Waals surface area contributed by atoms with Crippen molar-refractivity contribution in [3.05, 3.63) is 47.7 Å². The maximum absolute atomic E-state index is 13.2. The third-order valence-corrected chi connectivity index (χ3v) is 12.4. The molecule has 41 heavy (non-hydrogen) atoms. The number of nitrogens with one attached hydrogen (secondary N) is 1. The van der Waals surface area contributed by atoms with Crippen molar-refractivity contribution in [2.75, 3.05) is 13.1 Å². The van der Waals surface area contributed by atoms with Gasteiger partial charge in [0.25, 0.3) is 0 Å². The Morgan fingerprint density at radius 2 is 1.83 bits per heavy atom. The second-order valence-electron chi connectivity index (χ2n) is 13.4. The van der Waals surface area contributed by atoms with Crippen molar-refractivity contribution in [3.8, 4) is 0 Å². The minimum Gasteiger partial charge on any atom is -0.444 e. The van der Waals surface area contributed by atoms with Crippen LogP contribution in [0.15, 0.2) is 34.7 Å². The molecule has 3 heterocycles. The lowest BCUT2D eigenvalue weighted by atomic mass is 10.0. The number of hydrogen-bond acceptors (Lipinski definition) is 8. The standard InChI is InChI=1S/C29H45N5O6Si/c1-28(2,3)39-26(35)30-17-22(40-41(7,8)29(4,5)6)16-24-31-32-25(38-24)23-15-14-21-18-33(23)27(36)34(21)37-19-20-12-10-9-11-13-20/h9-13,21-23H,14-19H2,1-8H3,(H,30,35)/t21-,22?,23-/m0/s1. The van der Waals surface area contributed by atoms with E-state index in [0.717, 1.165) is 12.0 Å². The maximum atomic E-state index is 13.2. The highest BCUT2D eigenvalue weighted by atomic mass is 28.4. The molecule has 11 nitrogen and oxygen atoms in total. The average molecular weight is 588 g/mol. The zero-order valence-corrected chi connectivity index (χ0v) is 26.6. The van der Waals surface area contributed by atoms with Crippen molar-refractivity contribution in [2.45, 2.75) is 109 Å². The molecular formula is C29H45N5O6Si. The van der Waals surface area contributed by atoms with Crippen LogP contribution < -0.4 is 5.32 Å². The number of amides is 3. The second-order valence-corrected chi connectivity index (χ2v) is 18.1. The molecule has 4 rings (SSSR count). The minimum atomic E-state index is -2.18. The summed E-state index contributed by atoms with van der Waals surface area (Å²) < 4.78 is 18.2. The first-order valence-electron chi connectivity index (χ1n) is 14.4. The molecular weight excluding hydrogens is 542 g/mol. The van der Waals surface area contributed by atoms with Gasteiger partial charge in [-0.15, -0.1) is 10.2 Å². The van der Waals surface area contributed by atoms with E-state index in [1.54, 1.807) is 4.90 Å². The Kier molecular flexibility index (Phi) is 9.15. The van der Waals surface area contributed by atoms with Gasteiger partial charge in [0.2, 0.25) is 11.8 Å². The molecule has 0 saturated carbocycles. The summed E-state index contributed by atoms with van der Waals surface area (Å²) in [5.74, 6) is 0.809. The highest BCUT2D eigenvalue weighted by Crippen LogP contribution is 2.39. The van der Waals surface area contributed by atoms with Crippen LogP contribution in [-0.4, -0.2) is 71.4 Å². The van der Waals surface area contributed by atoms with Crippen LogP contribution in [-0.2, 0) is 27.0 Å². The molecule has 3 atom stereocenters. The van der Waals surface area contributed by atoms with E-state index < -0.39 is 20.0 Å². The van der Waals surface area contributed by atoms with Crippen LogP contribution in [0.4, 0.5) is 9.59 Å². The number of hydrogen-bond donors (Lipinski definition) is 1. The van der Waals surface area contributed by atoms with E-state index >= 15 is 0 Å². The number of ether oxygens (including phenoxy) is 1. The Morgan fingerprint density at radius 3 is 2.49 bits per heavy atom. The number of piperidine rings is 1. The number of rotatable bonds is 10. The van der Waals surface area contributed by atoms with E-state index in [0.29, 0.717) is 37.8 Å². The molecule has 0 radical (unpaired) electrons. The van der Waals surface area contributed by atoms with E-state index in [1.807, 2.05) is 51.1 Å². The van der Waals surface area contributed by atoms with Crippen molar-refractivity contribution in [1.82, 2.24) is 25.5 Å². The van der Waals surface area contributed by atoms with Crippen LogP contribution in [0.5, 0.6) is 0 Å². The number of urea groups is 1. The first-order valence-corrected chi connectivity index (χ1v) is 17.3. The molecule has 12 heteroatoms. The van der Waals surface area contributed by atoms with Crippen molar-refractivity contribution < 1.29 is 28.0 Å². The number of nitrogens with zero attached hydrogens (tertiary/aromatic N) is 4. The molecule has 1 unspecified atom stereocenters. The lowest BCUT2D eigenvalue weighted by Crippen LogP contribution is -2.48. The van der Waals surface area contributed by atoms with Crippen LogP contribution in [0.1, 0.15) is 77.8 Å². The topological polar surface area (TPSA) is 119 Å². The van der Waals surface area contributed by atoms with E-state index in [1.165, 1.54) is 5.06 Å². The van der Waals surface area contributed by atoms with Gasteiger partial charge in [-0.2, -0.15) is 5.06 Å². The molecule has 2 bridgehead atoms. The largest absolute Gasteiger partial charge is 0.444 e. The Labute approximate surface area is 244 Å². The Balaban J connectivity index is 1.41. The molecule has 2 aliphatic rings. The molecule has 226 valence electrons. The Hall–Kier alpha value is -2.96. The van der Waals surface area contributed by atoms with Crippen molar-refractivity contribution in [2.24, 2.45) is 0 Å². The molecule has 1 aromatic carbocycles. The highest BCUT2D eigenvalue weighted by Gasteiger charge is 2.48. The van der Waals surface area contributed by atoms with Crippen LogP contribution in [0.3, 0.4) is 0 Å². The van der Waals surface area contributed by atoms with Gasteiger partial charge < -0.3 is 23.8 Å². The fraction of sp³-hybridized carbons (Fsp3) is 0.655. The summed E-state index contributed by atoms with van der Waals surface area (Å²) in [4.78, 5) is 33.3. The maximum Gasteiger partial charge on any atom is 0.407 e. The van der Waals surface area contributed by atoms with Gasteiger partial charge in [0.15, 0.2) is 8.32 Å². The van der Waals surface area contributed by atoms with Crippen LogP contribution in [0.25, 0.3) is 0 Å². The number of aromatic nitrogens is 2. The van der Waals surface area contributed by atoms with Crippen LogP contribution in [0, 0.1) is 0 Å². The van der Waals surface area contributed by atoms with Crippen molar-refractivity contribution in [1.29, 1.82) is 0 Å². The summed E-state index contributed by atoms with van der Waals surface area (Å²) in [5.41, 5.74) is 0.403. The summed E-state index contributed by atoms with van der Waals surface area (Å²) in [5, 5.41) is 12.9. The van der Waals surface area contributed by atoms with Gasteiger partial charge in [-0.3, -0.25) is 4.84 Å². The minimum absolute atomic E-state index is 0.00819. The number of hydroxylamine groups is 2. The SMILES string of the molecule is CC(C)(C)OC(=O)NCC(Cc1nnc([C@@H]2CC[C@H]3CN2C(=O)N3OCc2ccccc2)o1)O[Si](C)(C)C(C)(C)C. The van der Waals surface area contributed by atoms with E-state index in [2.05, 4.69) is 49.4 Å². The fourth-order valence-corrected chi connectivity index (χ4v) is 6.07. The fourth-order valence-electron chi connectivity index (χ4n) is 4.71. The first kappa shape index (κ1) is 31.0. The molecule has 0 aliphatic carbocycles. The van der Waals surface area contributed by atoms with Gasteiger partial charge in [-0.05, 0) is 57.3 Å². The van der Waals surface area contributed by atoms with Gasteiger partial charge >= 0.3 is 12.1 Å². The summed E-state index contributed by atoms with van der Waals surface area (Å²) >= 11 is 0. The number of benzene rings is 1. The molecule has 3 amide bonds. The lowest BCUT2D eigenvalue weighted by molar-refractivity contribution is -0.140. The zero-order valence-electron chi connectivity index (χ0n) is 25.6. The molecule has 2 aromatic rings. The monoisotopic (exact) mass is 587 g/mol. The number of carbonyl (C=O) groups excluding carboxylic acids is 2. The van der Waals surface area contributed by atoms with Crippen LogP contribution in [0.2, 0.25) is 18.1 Å². The summed E-state index contributed by atoms with van der Waals surface area (Å²) in [7, 11) is -2.18. The van der Waals surface area contributed by atoms with Crippen LogP contribution >= 0.6 is 0 Å². The molecule has 2 saturated heterocycles. The van der Waals surface area contributed by atoms with Crippen molar-refractivity contribution >= 4 is 20.4 Å². The molecule has 1 N–H and O–H groups in total. The summed E-state index contributed by atoms with van der Waals surface area (Å²) in [6.07, 6.45) is 0.910.